The molecule has 3 atom stereocenters. The van der Waals surface area contributed by atoms with Crippen LogP contribution in [-0.2, 0) is 9.59 Å². The molecule has 10 aliphatic heterocycles. The second-order valence-corrected chi connectivity index (χ2v) is 41.2. The molecule has 10 aromatic heterocycles. The van der Waals surface area contributed by atoms with E-state index in [0.717, 1.165) is 309 Å². The number of rotatable bonds is 19. The van der Waals surface area contributed by atoms with Crippen molar-refractivity contribution in [2.75, 3.05) is 175 Å². The summed E-state index contributed by atoms with van der Waals surface area (Å²) in [6.07, 6.45) is 26.9. The first kappa shape index (κ1) is 99.6. The van der Waals surface area contributed by atoms with Crippen LogP contribution < -0.4 is 49.4 Å². The summed E-state index contributed by atoms with van der Waals surface area (Å²) in [6.45, 7) is 27.6. The van der Waals surface area contributed by atoms with Gasteiger partial charge >= 0.3 is 0 Å². The molecule has 10 saturated heterocycles. The minimum absolute atomic E-state index is 0.199. The van der Waals surface area contributed by atoms with Crippen LogP contribution in [0.2, 0.25) is 5.15 Å². The number of aliphatic hydroxyl groups excluding tert-OH is 3. The van der Waals surface area contributed by atoms with Gasteiger partial charge in [0.1, 0.15) is 40.7 Å². The third kappa shape index (κ3) is 23.3. The fourth-order valence-electron chi connectivity index (χ4n) is 22.0. The molecular weight excluding hydrogens is 1850 g/mol. The first-order valence-electron chi connectivity index (χ1n) is 52.4. The van der Waals surface area contributed by atoms with Gasteiger partial charge in [-0.25, -0.2) is 49.8 Å². The smallest absolute Gasteiger partial charge is 0.150 e. The van der Waals surface area contributed by atoms with Crippen LogP contribution in [0.5, 0.6) is 0 Å². The number of nitrogens with zero attached hydrogens (tertiary/aromatic N) is 24. The number of halogens is 1. The number of para-hydroxylation sites is 5. The number of carbonyl (C=O) groups excluding carboxylic acids is 2. The van der Waals surface area contributed by atoms with Crippen LogP contribution in [0, 0.1) is 29.6 Å². The van der Waals surface area contributed by atoms with Crippen molar-refractivity contribution >= 4 is 130 Å². The number of hydrogen-bond donors (Lipinski definition) is 4. The number of Topliss-reactive ketones (excluding diaryl/α,β-unsaturated/α-hetero) is 2. The Morgan fingerprint density at radius 2 is 0.486 bits per heavy atom. The Kier molecular flexibility index (Phi) is 31.6. The SMILES string of the molecule is CC(=O)C1CCN(c2nccnc2C2CN(c3ccc4ccccc4n3)C2)CC1.CC(=O)C1CCNCC1.CC(O)C1CCN(c2nccnc2C2CN(c3ccc4ccccc4n3)C2)CC1.CC(O)C1CCN(c2nccnc2C2CN(c3ccc4ccccc4n3)C2)CC1.CC(O)C1CCN(c2nccnc2C2CN(c3ccc4ccccc4n3)C2)CC1.Clc1nccnc1C1CN(c2ccc3ccccc3n2)C1. The average Bonchev–Trinajstić information content (AvgIpc) is 0.788. The molecule has 0 spiro atoms. The largest absolute Gasteiger partial charge is 0.393 e. The van der Waals surface area contributed by atoms with Gasteiger partial charge in [0.2, 0.25) is 0 Å². The molecule has 0 bridgehead atoms. The van der Waals surface area contributed by atoms with Crippen molar-refractivity contribution in [1.82, 2.24) is 80.1 Å². The highest BCUT2D eigenvalue weighted by molar-refractivity contribution is 6.30. The number of nitrogens with one attached hydrogen (secondary N) is 1. The first-order valence-corrected chi connectivity index (χ1v) is 52.7. The van der Waals surface area contributed by atoms with Crippen LogP contribution in [0.4, 0.5) is 52.4 Å². The number of aromatic nitrogens is 15. The number of aliphatic hydroxyl groups is 3. The van der Waals surface area contributed by atoms with Crippen molar-refractivity contribution in [2.24, 2.45) is 29.6 Å². The Labute approximate surface area is 858 Å². The van der Waals surface area contributed by atoms with Crippen LogP contribution in [0.25, 0.3) is 54.5 Å². The van der Waals surface area contributed by atoms with Gasteiger partial charge in [-0.15, -0.1) is 0 Å². The molecule has 10 aliphatic rings. The van der Waals surface area contributed by atoms with Crippen LogP contribution in [0.1, 0.15) is 157 Å². The fraction of sp³-hybridized carbons (Fsp3) is 0.417. The number of ketones is 2. The molecule has 0 aliphatic carbocycles. The second-order valence-electron chi connectivity index (χ2n) is 40.8. The molecule has 0 amide bonds. The van der Waals surface area contributed by atoms with Crippen molar-refractivity contribution in [1.29, 1.82) is 0 Å². The van der Waals surface area contributed by atoms with Gasteiger partial charge in [-0.2, -0.15) is 0 Å². The Hall–Kier alpha value is -13.8. The Morgan fingerprint density at radius 3 is 0.719 bits per heavy atom. The molecule has 20 heterocycles. The number of piperidine rings is 5. The number of hydrogen-bond acceptors (Lipinski definition) is 30. The van der Waals surface area contributed by atoms with E-state index in [9.17, 15) is 24.9 Å². The molecule has 3 unspecified atom stereocenters. The lowest BCUT2D eigenvalue weighted by Gasteiger charge is -2.42. The van der Waals surface area contributed by atoms with Gasteiger partial charge in [0, 0.05) is 248 Å². The topological polar surface area (TPSA) is 329 Å². The van der Waals surface area contributed by atoms with E-state index in [2.05, 4.69) is 200 Å². The van der Waals surface area contributed by atoms with Crippen LogP contribution in [0.15, 0.2) is 244 Å². The predicted molar refractivity (Wildman–Crippen MR) is 580 cm³/mol. The minimum Gasteiger partial charge on any atom is -0.393 e. The third-order valence-corrected chi connectivity index (χ3v) is 31.5. The van der Waals surface area contributed by atoms with E-state index in [1.807, 2.05) is 87.5 Å². The Balaban J connectivity index is 0.000000109. The molecule has 754 valence electrons. The second kappa shape index (κ2) is 46.3. The van der Waals surface area contributed by atoms with Gasteiger partial charge in [0.25, 0.3) is 0 Å². The molecule has 10 fully saturated rings. The first-order chi connectivity index (χ1) is 71.4. The highest BCUT2D eigenvalue weighted by Crippen LogP contribution is 2.43. The minimum atomic E-state index is -0.229. The summed E-state index contributed by atoms with van der Waals surface area (Å²) < 4.78 is 0. The van der Waals surface area contributed by atoms with Gasteiger partial charge < -0.3 is 64.7 Å². The van der Waals surface area contributed by atoms with Gasteiger partial charge in [-0.1, -0.05) is 103 Å². The van der Waals surface area contributed by atoms with E-state index in [4.69, 9.17) is 51.5 Å². The van der Waals surface area contributed by atoms with Gasteiger partial charge in [0.05, 0.1) is 74.4 Å². The maximum atomic E-state index is 11.7. The molecule has 5 aromatic carbocycles. The maximum absolute atomic E-state index is 11.7. The standard InChI is InChI=1S/3C23H27N5O.C23H25N5O.C16H13ClN4.C7H13NO/c4*1-16(29)17-8-12-27(13-9-17)23-22(24-10-11-25-23)19-14-28(15-19)21-7-6-18-4-2-3-5-20(18)26-21;17-16-15(18-7-8-19-16)12-9-21(10-12)14-6-5-11-3-1-2-4-13(11)20-14;1-6(9)7-2-4-8-5-3-7/h3*2-7,10-11,16-17,19,29H,8-9,12-15H2,1H3;2-7,10-11,17,19H,8-9,12-15H2,1H3;1-8,12H,9-10H2;7-8H,2-5H2,1H3. The van der Waals surface area contributed by atoms with Crippen molar-refractivity contribution in [3.8, 4) is 0 Å². The fourth-order valence-corrected chi connectivity index (χ4v) is 22.2. The summed E-state index contributed by atoms with van der Waals surface area (Å²) in [6, 6.07) is 62.2. The van der Waals surface area contributed by atoms with E-state index in [-0.39, 0.29) is 24.2 Å². The number of fused-ring (bicyclic) bond motifs is 5. The van der Waals surface area contributed by atoms with E-state index in [0.29, 0.717) is 70.0 Å². The monoisotopic (exact) mass is 1980 g/mol. The van der Waals surface area contributed by atoms with Gasteiger partial charge in [0.15, 0.2) is 28.4 Å². The lowest BCUT2D eigenvalue weighted by molar-refractivity contribution is -0.122. The zero-order valence-corrected chi connectivity index (χ0v) is 84.8. The number of anilines is 9. The molecule has 4 N–H and O–H groups in total. The van der Waals surface area contributed by atoms with Crippen molar-refractivity contribution in [3.63, 3.8) is 0 Å². The highest BCUT2D eigenvalue weighted by atomic mass is 35.5. The van der Waals surface area contributed by atoms with Crippen molar-refractivity contribution in [3.05, 3.63) is 278 Å². The number of benzene rings is 5. The Morgan fingerprint density at radius 1 is 0.274 bits per heavy atom. The zero-order valence-electron chi connectivity index (χ0n) is 84.1. The molecule has 0 saturated carbocycles. The Bertz CT molecular complexity index is 6560. The molecule has 0 radical (unpaired) electrons. The molecule has 30 nitrogen and oxygen atoms in total. The average molecular weight is 1980 g/mol. The maximum Gasteiger partial charge on any atom is 0.150 e. The third-order valence-electron chi connectivity index (χ3n) is 31.2. The lowest BCUT2D eigenvalue weighted by atomic mass is 9.91. The summed E-state index contributed by atoms with van der Waals surface area (Å²) in [7, 11) is 0. The van der Waals surface area contributed by atoms with E-state index in [1.165, 1.54) is 21.5 Å². The molecular formula is C115H132ClN25O5. The van der Waals surface area contributed by atoms with Gasteiger partial charge in [-0.3, -0.25) is 34.5 Å². The predicted octanol–water partition coefficient (Wildman–Crippen LogP) is 17.0. The quantitative estimate of drug-likeness (QED) is 0.0584. The summed E-state index contributed by atoms with van der Waals surface area (Å²) >= 11 is 6.10. The normalized spacial score (nSPS) is 18.7. The molecule has 25 rings (SSSR count). The lowest BCUT2D eigenvalue weighted by Crippen LogP contribution is -2.47. The molecule has 31 heteroatoms. The molecule has 146 heavy (non-hydrogen) atoms. The van der Waals surface area contributed by atoms with Gasteiger partial charge in [-0.05, 0) is 221 Å². The van der Waals surface area contributed by atoms with Crippen LogP contribution >= 0.6 is 11.6 Å². The molecule has 15 aromatic rings. The van der Waals surface area contributed by atoms with Crippen LogP contribution in [0.3, 0.4) is 0 Å². The number of carbonyl (C=O) groups is 2. The van der Waals surface area contributed by atoms with Crippen LogP contribution in [-0.4, -0.2) is 251 Å². The zero-order chi connectivity index (χ0) is 100. The van der Waals surface area contributed by atoms with E-state index < -0.39 is 0 Å². The van der Waals surface area contributed by atoms with E-state index in [1.54, 1.807) is 75.8 Å². The summed E-state index contributed by atoms with van der Waals surface area (Å²) in [5, 5.41) is 39.2. The number of pyridine rings is 5. The summed E-state index contributed by atoms with van der Waals surface area (Å²) in [5.74, 6) is 13.4. The summed E-state index contributed by atoms with van der Waals surface area (Å²) in [4.78, 5) is 113. The highest BCUT2D eigenvalue weighted by Gasteiger charge is 2.41. The summed E-state index contributed by atoms with van der Waals surface area (Å²) in [5.41, 5.74) is 10.4. The van der Waals surface area contributed by atoms with Crippen molar-refractivity contribution < 1.29 is 24.9 Å². The van der Waals surface area contributed by atoms with E-state index >= 15 is 0 Å². The van der Waals surface area contributed by atoms with Crippen molar-refractivity contribution in [2.45, 2.75) is 147 Å².